The van der Waals surface area contributed by atoms with Crippen molar-refractivity contribution in [2.75, 3.05) is 25.5 Å². The second-order valence-corrected chi connectivity index (χ2v) is 6.30. The summed E-state index contributed by atoms with van der Waals surface area (Å²) < 4.78 is 5.30. The van der Waals surface area contributed by atoms with E-state index in [2.05, 4.69) is 32.5 Å². The van der Waals surface area contributed by atoms with E-state index in [1.807, 2.05) is 12.1 Å². The molecule has 0 aliphatic carbocycles. The first-order chi connectivity index (χ1) is 11.7. The number of methoxy groups -OCH3 is 1. The lowest BCUT2D eigenvalue weighted by Crippen LogP contribution is -2.34. The quantitative estimate of drug-likeness (QED) is 0.885. The van der Waals surface area contributed by atoms with Crippen LogP contribution in [0.5, 0.6) is 5.75 Å². The molecule has 1 atom stereocenters. The van der Waals surface area contributed by atoms with E-state index < -0.39 is 0 Å². The molecule has 2 N–H and O–H groups in total. The summed E-state index contributed by atoms with van der Waals surface area (Å²) in [6.45, 7) is 4.45. The van der Waals surface area contributed by atoms with Crippen molar-refractivity contribution >= 4 is 11.6 Å². The van der Waals surface area contributed by atoms with Crippen LogP contribution in [0.4, 0.5) is 5.69 Å². The first-order valence-corrected chi connectivity index (χ1v) is 8.32. The molecule has 2 aromatic rings. The summed E-state index contributed by atoms with van der Waals surface area (Å²) in [5, 5.41) is 10.0. The van der Waals surface area contributed by atoms with E-state index in [-0.39, 0.29) is 5.91 Å². The lowest BCUT2D eigenvalue weighted by Gasteiger charge is -2.32. The van der Waals surface area contributed by atoms with Crippen molar-refractivity contribution in [1.29, 1.82) is 0 Å². The Bertz CT molecular complexity index is 698. The molecule has 1 aromatic heterocycles. The van der Waals surface area contributed by atoms with E-state index in [9.17, 15) is 4.79 Å². The molecule has 128 valence electrons. The Hall–Kier alpha value is -2.34. The minimum absolute atomic E-state index is 0.0679. The van der Waals surface area contributed by atoms with E-state index in [1.54, 1.807) is 13.3 Å². The number of likely N-dealkylation sites (tertiary alicyclic amines) is 1. The van der Waals surface area contributed by atoms with Crippen molar-refractivity contribution in [3.63, 3.8) is 0 Å². The number of nitrogens with one attached hydrogen (secondary N) is 2. The fraction of sp³-hybridized carbons (Fsp3) is 0.444. The number of benzene rings is 1. The minimum atomic E-state index is -0.0679. The molecule has 6 heteroatoms. The predicted molar refractivity (Wildman–Crippen MR) is 93.1 cm³/mol. The van der Waals surface area contributed by atoms with E-state index >= 15 is 0 Å². The maximum absolute atomic E-state index is 11.3. The van der Waals surface area contributed by atoms with Crippen LogP contribution >= 0.6 is 0 Å². The molecule has 1 aliphatic rings. The molecule has 1 aromatic carbocycles. The zero-order valence-corrected chi connectivity index (χ0v) is 14.2. The largest absolute Gasteiger partial charge is 0.497 e. The van der Waals surface area contributed by atoms with Gasteiger partial charge in [-0.25, -0.2) is 0 Å². The van der Waals surface area contributed by atoms with Crippen LogP contribution < -0.4 is 10.1 Å². The molecule has 1 aliphatic heterocycles. The normalized spacial score (nSPS) is 18.3. The third-order valence-electron chi connectivity index (χ3n) is 4.43. The van der Waals surface area contributed by atoms with Gasteiger partial charge in [0.05, 0.1) is 24.7 Å². The van der Waals surface area contributed by atoms with E-state index in [4.69, 9.17) is 4.74 Å². The van der Waals surface area contributed by atoms with Crippen molar-refractivity contribution in [2.24, 2.45) is 0 Å². The highest BCUT2D eigenvalue weighted by molar-refractivity contribution is 5.89. The maximum atomic E-state index is 11.3. The summed E-state index contributed by atoms with van der Waals surface area (Å²) in [7, 11) is 1.69. The number of rotatable bonds is 5. The predicted octanol–water partition coefficient (Wildman–Crippen LogP) is 2.76. The Labute approximate surface area is 142 Å². The molecule has 0 radical (unpaired) electrons. The summed E-state index contributed by atoms with van der Waals surface area (Å²) in [6, 6.07) is 8.21. The summed E-state index contributed by atoms with van der Waals surface area (Å²) in [5.74, 6) is 1.18. The van der Waals surface area contributed by atoms with Gasteiger partial charge in [-0.2, -0.15) is 5.10 Å². The van der Waals surface area contributed by atoms with E-state index in [0.717, 1.165) is 49.6 Å². The number of hydrogen-bond acceptors (Lipinski definition) is 4. The van der Waals surface area contributed by atoms with Crippen LogP contribution in [0, 0.1) is 0 Å². The molecule has 3 rings (SSSR count). The number of piperidine rings is 1. The minimum Gasteiger partial charge on any atom is -0.497 e. The van der Waals surface area contributed by atoms with Gasteiger partial charge in [-0.05, 0) is 37.1 Å². The number of amides is 1. The molecule has 2 heterocycles. The van der Waals surface area contributed by atoms with Gasteiger partial charge in [0.15, 0.2) is 0 Å². The van der Waals surface area contributed by atoms with Crippen molar-refractivity contribution in [3.05, 3.63) is 41.7 Å². The van der Waals surface area contributed by atoms with Gasteiger partial charge >= 0.3 is 0 Å². The number of nitrogens with zero attached hydrogens (tertiary/aromatic N) is 2. The SMILES string of the molecule is COc1cccc(CN2CCC[C@H](c3[nH]ncc3NC(C)=O)C2)c1. The summed E-state index contributed by atoms with van der Waals surface area (Å²) in [6.07, 6.45) is 3.92. The topological polar surface area (TPSA) is 70.2 Å². The first kappa shape index (κ1) is 16.5. The smallest absolute Gasteiger partial charge is 0.221 e. The number of anilines is 1. The maximum Gasteiger partial charge on any atom is 0.221 e. The summed E-state index contributed by atoms with van der Waals surface area (Å²) in [4.78, 5) is 13.8. The van der Waals surface area contributed by atoms with Crippen LogP contribution in [0.25, 0.3) is 0 Å². The number of H-pyrrole nitrogens is 1. The number of hydrogen-bond donors (Lipinski definition) is 2. The Morgan fingerprint density at radius 3 is 3.17 bits per heavy atom. The number of carbonyl (C=O) groups is 1. The lowest BCUT2D eigenvalue weighted by molar-refractivity contribution is -0.114. The van der Waals surface area contributed by atoms with Crippen LogP contribution in [0.3, 0.4) is 0 Å². The zero-order valence-electron chi connectivity index (χ0n) is 14.2. The molecule has 6 nitrogen and oxygen atoms in total. The molecular weight excluding hydrogens is 304 g/mol. The highest BCUT2D eigenvalue weighted by Gasteiger charge is 2.25. The molecule has 0 unspecified atom stereocenters. The molecule has 0 spiro atoms. The van der Waals surface area contributed by atoms with Crippen LogP contribution in [-0.2, 0) is 11.3 Å². The first-order valence-electron chi connectivity index (χ1n) is 8.32. The standard InChI is InChI=1S/C18H24N4O2/c1-13(23)20-17-10-19-21-18(17)15-6-4-8-22(12-15)11-14-5-3-7-16(9-14)24-2/h3,5,7,9-10,15H,4,6,8,11-12H2,1-2H3,(H,19,21)(H,20,23)/t15-/m0/s1. The van der Waals surface area contributed by atoms with Gasteiger partial charge in [0.1, 0.15) is 5.75 Å². The Morgan fingerprint density at radius 2 is 2.38 bits per heavy atom. The van der Waals surface area contributed by atoms with Gasteiger partial charge in [0, 0.05) is 25.9 Å². The molecule has 24 heavy (non-hydrogen) atoms. The van der Waals surface area contributed by atoms with Crippen molar-refractivity contribution in [3.8, 4) is 5.75 Å². The van der Waals surface area contributed by atoms with Gasteiger partial charge in [0.25, 0.3) is 0 Å². The fourth-order valence-electron chi connectivity index (χ4n) is 3.36. The van der Waals surface area contributed by atoms with Crippen molar-refractivity contribution in [2.45, 2.75) is 32.2 Å². The molecular formula is C18H24N4O2. The Balaban J connectivity index is 1.68. The highest BCUT2D eigenvalue weighted by atomic mass is 16.5. The monoisotopic (exact) mass is 328 g/mol. The number of ether oxygens (including phenoxy) is 1. The molecule has 0 bridgehead atoms. The molecule has 0 saturated carbocycles. The van der Waals surface area contributed by atoms with Gasteiger partial charge in [-0.15, -0.1) is 0 Å². The van der Waals surface area contributed by atoms with E-state index in [1.165, 1.54) is 12.5 Å². The zero-order chi connectivity index (χ0) is 16.9. The molecule has 1 saturated heterocycles. The fourth-order valence-corrected chi connectivity index (χ4v) is 3.36. The van der Waals surface area contributed by atoms with Crippen molar-refractivity contribution in [1.82, 2.24) is 15.1 Å². The van der Waals surface area contributed by atoms with Gasteiger partial charge in [-0.1, -0.05) is 12.1 Å². The van der Waals surface area contributed by atoms with Gasteiger partial charge in [-0.3, -0.25) is 14.8 Å². The summed E-state index contributed by atoms with van der Waals surface area (Å²) >= 11 is 0. The number of aromatic amines is 1. The lowest BCUT2D eigenvalue weighted by atomic mass is 9.93. The Kier molecular flexibility index (Phi) is 5.15. The molecule has 1 fully saturated rings. The van der Waals surface area contributed by atoms with E-state index in [0.29, 0.717) is 5.92 Å². The second kappa shape index (κ2) is 7.49. The molecule has 1 amide bonds. The van der Waals surface area contributed by atoms with Crippen LogP contribution in [0.1, 0.15) is 36.9 Å². The van der Waals surface area contributed by atoms with Gasteiger partial charge < -0.3 is 10.1 Å². The second-order valence-electron chi connectivity index (χ2n) is 6.30. The number of carbonyl (C=O) groups excluding carboxylic acids is 1. The van der Waals surface area contributed by atoms with Crippen LogP contribution in [0.2, 0.25) is 0 Å². The average Bonchev–Trinajstić information content (AvgIpc) is 3.02. The highest BCUT2D eigenvalue weighted by Crippen LogP contribution is 2.31. The van der Waals surface area contributed by atoms with Crippen LogP contribution in [0.15, 0.2) is 30.5 Å². The summed E-state index contributed by atoms with van der Waals surface area (Å²) in [5.41, 5.74) is 3.08. The average molecular weight is 328 g/mol. The van der Waals surface area contributed by atoms with Crippen LogP contribution in [-0.4, -0.2) is 41.2 Å². The third-order valence-corrected chi connectivity index (χ3v) is 4.43. The van der Waals surface area contributed by atoms with Crippen molar-refractivity contribution < 1.29 is 9.53 Å². The number of aromatic nitrogens is 2. The van der Waals surface area contributed by atoms with Gasteiger partial charge in [0.2, 0.25) is 5.91 Å². The third kappa shape index (κ3) is 3.94. The Morgan fingerprint density at radius 1 is 1.50 bits per heavy atom.